The molecule has 0 saturated carbocycles. The van der Waals surface area contributed by atoms with Gasteiger partial charge in [-0.3, -0.25) is 14.6 Å². The lowest BCUT2D eigenvalue weighted by Gasteiger charge is -2.24. The van der Waals surface area contributed by atoms with Gasteiger partial charge >= 0.3 is 0 Å². The molecule has 194 valence electrons. The number of aromatic nitrogens is 1. The highest BCUT2D eigenvalue weighted by Crippen LogP contribution is 2.37. The number of furan rings is 1. The Morgan fingerprint density at radius 1 is 0.949 bits per heavy atom. The quantitative estimate of drug-likeness (QED) is 0.283. The van der Waals surface area contributed by atoms with E-state index in [1.54, 1.807) is 25.4 Å². The summed E-state index contributed by atoms with van der Waals surface area (Å²) in [7, 11) is 1.56. The van der Waals surface area contributed by atoms with Crippen LogP contribution in [0.2, 0.25) is 0 Å². The van der Waals surface area contributed by atoms with Crippen LogP contribution in [0.15, 0.2) is 95.5 Å². The molecule has 1 unspecified atom stereocenters. The molecule has 0 aliphatic carbocycles. The molecule has 1 aliphatic rings. The fourth-order valence-corrected chi connectivity index (χ4v) is 5.32. The Kier molecular flexibility index (Phi) is 6.40. The highest BCUT2D eigenvalue weighted by Gasteiger charge is 2.31. The highest BCUT2D eigenvalue weighted by atomic mass is 19.1. The van der Waals surface area contributed by atoms with E-state index in [-0.39, 0.29) is 23.7 Å². The Hall–Kier alpha value is -4.78. The first-order valence-electron chi connectivity index (χ1n) is 12.9. The number of nitrogens with one attached hydrogen (secondary N) is 1. The summed E-state index contributed by atoms with van der Waals surface area (Å²) < 4.78 is 19.6. The summed E-state index contributed by atoms with van der Waals surface area (Å²) in [6.07, 6.45) is 3.58. The van der Waals surface area contributed by atoms with Gasteiger partial charge in [-0.1, -0.05) is 24.3 Å². The maximum atomic E-state index is 13.6. The average molecular weight is 520 g/mol. The second-order valence-electron chi connectivity index (χ2n) is 9.60. The monoisotopic (exact) mass is 519 g/mol. The maximum Gasteiger partial charge on any atom is 0.255 e. The van der Waals surface area contributed by atoms with Gasteiger partial charge in [0.05, 0.1) is 17.3 Å². The number of amides is 2. The van der Waals surface area contributed by atoms with Gasteiger partial charge in [0.25, 0.3) is 11.8 Å². The van der Waals surface area contributed by atoms with Crippen LogP contribution in [0.3, 0.4) is 0 Å². The summed E-state index contributed by atoms with van der Waals surface area (Å²) in [5.41, 5.74) is 4.72. The number of nitrogens with zero attached hydrogens (tertiary/aromatic N) is 2. The first kappa shape index (κ1) is 24.6. The lowest BCUT2D eigenvalue weighted by Crippen LogP contribution is -2.30. The predicted octanol–water partition coefficient (Wildman–Crippen LogP) is 6.64. The second kappa shape index (κ2) is 10.2. The molecule has 1 atom stereocenters. The van der Waals surface area contributed by atoms with Gasteiger partial charge in [-0.2, -0.15) is 0 Å². The van der Waals surface area contributed by atoms with Crippen LogP contribution in [-0.4, -0.2) is 35.3 Å². The van der Waals surface area contributed by atoms with Crippen LogP contribution in [-0.2, 0) is 0 Å². The van der Waals surface area contributed by atoms with Crippen molar-refractivity contribution in [1.29, 1.82) is 0 Å². The van der Waals surface area contributed by atoms with E-state index in [1.807, 2.05) is 65.6 Å². The number of pyridine rings is 1. The third-order valence-electron chi connectivity index (χ3n) is 7.23. The lowest BCUT2D eigenvalue weighted by atomic mass is 9.98. The fourth-order valence-electron chi connectivity index (χ4n) is 5.32. The van der Waals surface area contributed by atoms with E-state index >= 15 is 0 Å². The van der Waals surface area contributed by atoms with Gasteiger partial charge in [-0.05, 0) is 84.6 Å². The number of carbonyl (C=O) groups is 2. The smallest absolute Gasteiger partial charge is 0.255 e. The number of benzene rings is 3. The summed E-state index contributed by atoms with van der Waals surface area (Å²) in [6, 6.07) is 24.8. The van der Waals surface area contributed by atoms with Gasteiger partial charge in [0, 0.05) is 36.3 Å². The average Bonchev–Trinajstić information content (AvgIpc) is 3.62. The van der Waals surface area contributed by atoms with Crippen LogP contribution >= 0.6 is 0 Å². The van der Waals surface area contributed by atoms with Crippen molar-refractivity contribution in [3.05, 3.63) is 114 Å². The second-order valence-corrected chi connectivity index (χ2v) is 9.60. The Labute approximate surface area is 225 Å². The zero-order chi connectivity index (χ0) is 26.9. The standard InChI is InChI=1S/C32H26FN3O3/c1-34-31(37)29-25-19-22(12-15-28(25)39-30(29)20-10-13-24(33)14-11-20)21-6-4-7-23(18-21)32(38)36-17-5-9-27(36)26-8-2-3-16-35-26/h2-4,6-8,10-16,18-19,27H,5,9,17H2,1H3,(H,34,37). The number of fused-ring (bicyclic) bond motifs is 1. The SMILES string of the molecule is CNC(=O)c1c(-c2ccc(F)cc2)oc2ccc(-c3cccc(C(=O)N4CCCC4c4ccccn4)c3)cc12. The molecular formula is C32H26FN3O3. The van der Waals surface area contributed by atoms with Crippen molar-refractivity contribution in [3.63, 3.8) is 0 Å². The minimum absolute atomic E-state index is 0.0287. The number of hydrogen-bond donors (Lipinski definition) is 1. The van der Waals surface area contributed by atoms with Crippen LogP contribution in [0.1, 0.15) is 45.3 Å². The van der Waals surface area contributed by atoms with Crippen molar-refractivity contribution in [1.82, 2.24) is 15.2 Å². The topological polar surface area (TPSA) is 75.4 Å². The number of likely N-dealkylation sites (tertiary alicyclic amines) is 1. The summed E-state index contributed by atoms with van der Waals surface area (Å²) in [4.78, 5) is 32.9. The molecule has 6 nitrogen and oxygen atoms in total. The first-order valence-corrected chi connectivity index (χ1v) is 12.9. The third kappa shape index (κ3) is 4.56. The van der Waals surface area contributed by atoms with E-state index in [0.717, 1.165) is 29.7 Å². The van der Waals surface area contributed by atoms with Gasteiger partial charge in [0.1, 0.15) is 17.2 Å². The van der Waals surface area contributed by atoms with Crippen LogP contribution in [0, 0.1) is 5.82 Å². The molecule has 7 heteroatoms. The molecule has 3 heterocycles. The molecule has 1 saturated heterocycles. The number of carbonyl (C=O) groups excluding carboxylic acids is 2. The summed E-state index contributed by atoms with van der Waals surface area (Å²) in [5, 5.41) is 3.32. The van der Waals surface area contributed by atoms with E-state index in [2.05, 4.69) is 10.3 Å². The molecule has 5 aromatic rings. The molecule has 0 spiro atoms. The van der Waals surface area contributed by atoms with Crippen LogP contribution < -0.4 is 5.32 Å². The summed E-state index contributed by atoms with van der Waals surface area (Å²) >= 11 is 0. The molecule has 1 aliphatic heterocycles. The molecule has 2 amide bonds. The van der Waals surface area contributed by atoms with Gasteiger partial charge < -0.3 is 14.6 Å². The Bertz CT molecular complexity index is 1680. The molecule has 6 rings (SSSR count). The zero-order valence-electron chi connectivity index (χ0n) is 21.4. The fraction of sp³-hybridized carbons (Fsp3) is 0.156. The summed E-state index contributed by atoms with van der Waals surface area (Å²) in [6.45, 7) is 0.687. The lowest BCUT2D eigenvalue weighted by molar-refractivity contribution is 0.0732. The Morgan fingerprint density at radius 2 is 1.74 bits per heavy atom. The molecule has 3 aromatic carbocycles. The van der Waals surface area contributed by atoms with E-state index < -0.39 is 0 Å². The molecule has 2 aromatic heterocycles. The number of rotatable bonds is 5. The van der Waals surface area contributed by atoms with Crippen molar-refractivity contribution in [2.45, 2.75) is 18.9 Å². The summed E-state index contributed by atoms with van der Waals surface area (Å²) in [5.74, 6) is -0.323. The molecule has 39 heavy (non-hydrogen) atoms. The van der Waals surface area contributed by atoms with Crippen molar-refractivity contribution in [2.24, 2.45) is 0 Å². The molecule has 1 N–H and O–H groups in total. The molecular weight excluding hydrogens is 493 g/mol. The van der Waals surface area contributed by atoms with Crippen molar-refractivity contribution < 1.29 is 18.4 Å². The largest absolute Gasteiger partial charge is 0.455 e. The normalized spacial score (nSPS) is 15.0. The third-order valence-corrected chi connectivity index (χ3v) is 7.23. The van der Waals surface area contributed by atoms with Crippen LogP contribution in [0.4, 0.5) is 4.39 Å². The van der Waals surface area contributed by atoms with Gasteiger partial charge in [-0.15, -0.1) is 0 Å². The first-order chi connectivity index (χ1) is 19.0. The van der Waals surface area contributed by atoms with Gasteiger partial charge in [0.15, 0.2) is 0 Å². The van der Waals surface area contributed by atoms with Crippen LogP contribution in [0.5, 0.6) is 0 Å². The highest BCUT2D eigenvalue weighted by molar-refractivity contribution is 6.11. The maximum absolute atomic E-state index is 13.6. The zero-order valence-corrected chi connectivity index (χ0v) is 21.4. The van der Waals surface area contributed by atoms with E-state index in [1.165, 1.54) is 12.1 Å². The number of halogens is 1. The predicted molar refractivity (Wildman–Crippen MR) is 148 cm³/mol. The number of hydrogen-bond acceptors (Lipinski definition) is 4. The van der Waals surface area contributed by atoms with Crippen molar-refractivity contribution >= 4 is 22.8 Å². The van der Waals surface area contributed by atoms with Gasteiger partial charge in [-0.25, -0.2) is 4.39 Å². The molecule has 0 radical (unpaired) electrons. The van der Waals surface area contributed by atoms with E-state index in [4.69, 9.17) is 4.42 Å². The minimum Gasteiger partial charge on any atom is -0.455 e. The van der Waals surface area contributed by atoms with E-state index in [9.17, 15) is 14.0 Å². The van der Waals surface area contributed by atoms with Gasteiger partial charge in [0.2, 0.25) is 0 Å². The Balaban J connectivity index is 1.37. The van der Waals surface area contributed by atoms with E-state index in [0.29, 0.717) is 40.0 Å². The minimum atomic E-state index is -0.367. The van der Waals surface area contributed by atoms with Crippen LogP contribution in [0.25, 0.3) is 33.4 Å². The Morgan fingerprint density at radius 3 is 2.51 bits per heavy atom. The molecule has 1 fully saturated rings. The molecule has 0 bridgehead atoms. The van der Waals surface area contributed by atoms with Crippen molar-refractivity contribution in [2.75, 3.05) is 13.6 Å². The van der Waals surface area contributed by atoms with Crippen molar-refractivity contribution in [3.8, 4) is 22.5 Å².